The molecule has 1 aromatic carbocycles. The van der Waals surface area contributed by atoms with Crippen molar-refractivity contribution in [3.8, 4) is 22.4 Å². The molecule has 0 unspecified atom stereocenters. The van der Waals surface area contributed by atoms with E-state index in [9.17, 15) is 0 Å². The summed E-state index contributed by atoms with van der Waals surface area (Å²) in [6, 6.07) is 10.3. The fourth-order valence-corrected chi connectivity index (χ4v) is 5.31. The maximum Gasteiger partial charge on any atom is 0.146 e. The number of hydrogen-bond donors (Lipinski definition) is 1. The van der Waals surface area contributed by atoms with Gasteiger partial charge >= 0.3 is 0 Å². The van der Waals surface area contributed by atoms with Gasteiger partial charge in [-0.3, -0.25) is 9.67 Å². The molecule has 8 heteroatoms. The monoisotopic (exact) mass is 476 g/mol. The Labute approximate surface area is 201 Å². The van der Waals surface area contributed by atoms with Crippen molar-refractivity contribution in [1.29, 1.82) is 0 Å². The lowest BCUT2D eigenvalue weighted by molar-refractivity contribution is 0.304. The average Bonchev–Trinajstić information content (AvgIpc) is 3.47. The summed E-state index contributed by atoms with van der Waals surface area (Å²) in [6.07, 6.45) is 14.1. The first-order valence-corrected chi connectivity index (χ1v) is 11.8. The minimum absolute atomic E-state index is 0.323. The molecule has 0 amide bonds. The first kappa shape index (κ1) is 20.7. The van der Waals surface area contributed by atoms with Crippen molar-refractivity contribution in [2.45, 2.75) is 37.8 Å². The highest BCUT2D eigenvalue weighted by atomic mass is 35.5. The number of fused-ring (bicyclic) bond motifs is 3. The third-order valence-electron chi connectivity index (χ3n) is 6.55. The van der Waals surface area contributed by atoms with Crippen LogP contribution in [0.4, 0.5) is 0 Å². The summed E-state index contributed by atoms with van der Waals surface area (Å²) in [6.45, 7) is 0. The molecule has 4 heterocycles. The lowest BCUT2D eigenvalue weighted by Gasteiger charge is -2.26. The number of imidazole rings is 1. The minimum Gasteiger partial charge on any atom is -0.328 e. The van der Waals surface area contributed by atoms with Gasteiger partial charge in [0.25, 0.3) is 0 Å². The summed E-state index contributed by atoms with van der Waals surface area (Å²) < 4.78 is 4.07. The van der Waals surface area contributed by atoms with Crippen LogP contribution in [0.1, 0.15) is 31.7 Å². The number of nitrogens with zero attached hydrogens (tertiary/aromatic N) is 5. The normalized spacial score (nSPS) is 18.9. The number of aromatic nitrogens is 5. The third kappa shape index (κ3) is 3.68. The number of pyridine rings is 2. The summed E-state index contributed by atoms with van der Waals surface area (Å²) in [4.78, 5) is 9.57. The van der Waals surface area contributed by atoms with E-state index < -0.39 is 0 Å². The van der Waals surface area contributed by atoms with Gasteiger partial charge in [-0.2, -0.15) is 5.10 Å². The first-order valence-electron chi connectivity index (χ1n) is 11.1. The Hall–Kier alpha value is -2.93. The van der Waals surface area contributed by atoms with Crippen LogP contribution in [-0.2, 0) is 0 Å². The second kappa shape index (κ2) is 8.13. The standard InChI is InChI=1S/C25H22Cl2N6/c26-20-2-1-3-21(27)24(20)23-14-32-9-8-22-19(25(32)31-23)10-15(11-29-22)16-12-30-33(13-16)18-6-4-17(28)5-7-18/h1-3,8-14,17-18H,4-7,28H2. The van der Waals surface area contributed by atoms with Crippen molar-refractivity contribution in [3.05, 3.63) is 71.4 Å². The van der Waals surface area contributed by atoms with Crippen LogP contribution < -0.4 is 5.73 Å². The first-order chi connectivity index (χ1) is 16.1. The van der Waals surface area contributed by atoms with Crippen molar-refractivity contribution in [2.75, 3.05) is 0 Å². The fourth-order valence-electron chi connectivity index (χ4n) is 4.72. The predicted molar refractivity (Wildman–Crippen MR) is 133 cm³/mol. The number of nitrogens with two attached hydrogens (primary N) is 1. The zero-order chi connectivity index (χ0) is 22.5. The summed E-state index contributed by atoms with van der Waals surface area (Å²) in [5.74, 6) is 0. The Morgan fingerprint density at radius 1 is 0.939 bits per heavy atom. The smallest absolute Gasteiger partial charge is 0.146 e. The molecule has 1 aliphatic carbocycles. The van der Waals surface area contributed by atoms with Crippen molar-refractivity contribution in [2.24, 2.45) is 5.73 Å². The molecule has 0 atom stereocenters. The van der Waals surface area contributed by atoms with Gasteiger partial charge < -0.3 is 10.1 Å². The summed E-state index contributed by atoms with van der Waals surface area (Å²) in [5.41, 5.74) is 11.3. The van der Waals surface area contributed by atoms with E-state index in [1.807, 2.05) is 53.5 Å². The van der Waals surface area contributed by atoms with E-state index in [2.05, 4.69) is 22.0 Å². The van der Waals surface area contributed by atoms with Crippen molar-refractivity contribution >= 4 is 39.8 Å². The molecule has 4 aromatic heterocycles. The Morgan fingerprint density at radius 2 is 1.73 bits per heavy atom. The van der Waals surface area contributed by atoms with Gasteiger partial charge in [0.1, 0.15) is 5.65 Å². The quantitative estimate of drug-likeness (QED) is 0.338. The van der Waals surface area contributed by atoms with Crippen LogP contribution >= 0.6 is 23.2 Å². The van der Waals surface area contributed by atoms with E-state index in [0.717, 1.165) is 64.6 Å². The summed E-state index contributed by atoms with van der Waals surface area (Å²) in [5, 5.41) is 6.75. The van der Waals surface area contributed by atoms with E-state index in [1.54, 1.807) is 0 Å². The van der Waals surface area contributed by atoms with Gasteiger partial charge in [-0.05, 0) is 49.9 Å². The molecule has 166 valence electrons. The SMILES string of the molecule is NC1CCC(n2cc(-c3cnc4ccn5cc(-c6c(Cl)cccc6Cl)nc5c4c3)cn2)CC1. The molecule has 0 aliphatic heterocycles. The lowest BCUT2D eigenvalue weighted by atomic mass is 9.92. The zero-order valence-electron chi connectivity index (χ0n) is 17.8. The highest BCUT2D eigenvalue weighted by molar-refractivity contribution is 6.39. The van der Waals surface area contributed by atoms with E-state index in [0.29, 0.717) is 22.1 Å². The zero-order valence-corrected chi connectivity index (χ0v) is 19.3. The Bertz CT molecular complexity index is 1460. The number of halogens is 2. The molecule has 33 heavy (non-hydrogen) atoms. The molecule has 0 spiro atoms. The van der Waals surface area contributed by atoms with Gasteiger partial charge in [0.05, 0.1) is 33.5 Å². The molecule has 2 N–H and O–H groups in total. The molecule has 5 aromatic rings. The van der Waals surface area contributed by atoms with Crippen molar-refractivity contribution < 1.29 is 0 Å². The van der Waals surface area contributed by atoms with Crippen LogP contribution in [0, 0.1) is 0 Å². The largest absolute Gasteiger partial charge is 0.328 e. The molecule has 6 rings (SSSR count). The molecular formula is C25H22Cl2N6. The van der Waals surface area contributed by atoms with Crippen molar-refractivity contribution in [3.63, 3.8) is 0 Å². The van der Waals surface area contributed by atoms with Gasteiger partial charge in [0.15, 0.2) is 0 Å². The van der Waals surface area contributed by atoms with Gasteiger partial charge in [0.2, 0.25) is 0 Å². The van der Waals surface area contributed by atoms with E-state index in [1.165, 1.54) is 0 Å². The topological polar surface area (TPSA) is 74.0 Å². The maximum absolute atomic E-state index is 6.43. The van der Waals surface area contributed by atoms with Crippen LogP contribution in [0.3, 0.4) is 0 Å². The molecule has 1 saturated carbocycles. The van der Waals surface area contributed by atoms with Crippen LogP contribution in [0.25, 0.3) is 38.9 Å². The van der Waals surface area contributed by atoms with Crippen LogP contribution in [-0.4, -0.2) is 30.2 Å². The van der Waals surface area contributed by atoms with Crippen LogP contribution in [0.2, 0.25) is 10.0 Å². The van der Waals surface area contributed by atoms with Crippen LogP contribution in [0.5, 0.6) is 0 Å². The maximum atomic E-state index is 6.43. The molecular weight excluding hydrogens is 455 g/mol. The molecule has 0 bridgehead atoms. The number of hydrogen-bond acceptors (Lipinski definition) is 4. The third-order valence-corrected chi connectivity index (χ3v) is 7.18. The highest BCUT2D eigenvalue weighted by Gasteiger charge is 2.21. The molecule has 0 radical (unpaired) electrons. The number of rotatable bonds is 3. The second-order valence-electron chi connectivity index (χ2n) is 8.70. The van der Waals surface area contributed by atoms with Gasteiger partial charge in [0, 0.05) is 52.9 Å². The second-order valence-corrected chi connectivity index (χ2v) is 9.52. The lowest BCUT2D eigenvalue weighted by Crippen LogP contribution is -2.27. The van der Waals surface area contributed by atoms with Crippen LogP contribution in [0.15, 0.2) is 61.3 Å². The Balaban J connectivity index is 1.41. The molecule has 1 fully saturated rings. The fraction of sp³-hybridized carbons (Fsp3) is 0.240. The van der Waals surface area contributed by atoms with Gasteiger partial charge in [-0.25, -0.2) is 4.98 Å². The predicted octanol–water partition coefficient (Wildman–Crippen LogP) is 6.16. The number of benzene rings is 1. The summed E-state index contributed by atoms with van der Waals surface area (Å²) in [7, 11) is 0. The molecule has 6 nitrogen and oxygen atoms in total. The highest BCUT2D eigenvalue weighted by Crippen LogP contribution is 2.35. The molecule has 0 saturated heterocycles. The molecule has 1 aliphatic rings. The minimum atomic E-state index is 0.323. The van der Waals surface area contributed by atoms with Gasteiger partial charge in [-0.15, -0.1) is 0 Å². The average molecular weight is 477 g/mol. The summed E-state index contributed by atoms with van der Waals surface area (Å²) >= 11 is 12.9. The Kier molecular flexibility index (Phi) is 5.09. The van der Waals surface area contributed by atoms with E-state index in [4.69, 9.17) is 38.9 Å². The Morgan fingerprint density at radius 3 is 2.52 bits per heavy atom. The van der Waals surface area contributed by atoms with Crippen molar-refractivity contribution in [1.82, 2.24) is 24.1 Å². The van der Waals surface area contributed by atoms with E-state index in [-0.39, 0.29) is 0 Å². The van der Waals surface area contributed by atoms with E-state index >= 15 is 0 Å². The van der Waals surface area contributed by atoms with Gasteiger partial charge in [-0.1, -0.05) is 29.3 Å².